The van der Waals surface area contributed by atoms with Gasteiger partial charge in [0.05, 0.1) is 6.61 Å². The molecular weight excluding hydrogens is 388 g/mol. The Morgan fingerprint density at radius 2 is 1.32 bits per heavy atom. The van der Waals surface area contributed by atoms with Gasteiger partial charge in [0.15, 0.2) is 0 Å². The number of benzene rings is 2. The summed E-state index contributed by atoms with van der Waals surface area (Å²) in [7, 11) is 0. The molecule has 5 nitrogen and oxygen atoms in total. The SMILES string of the molecule is NCc1ccc(SN2CCC3(CC2)OCCN3Sc2ccc(CN)cc2)cc1. The van der Waals surface area contributed by atoms with Crippen molar-refractivity contribution < 1.29 is 4.74 Å². The topological polar surface area (TPSA) is 67.8 Å². The molecule has 2 saturated heterocycles. The highest BCUT2D eigenvalue weighted by molar-refractivity contribution is 7.97. The van der Waals surface area contributed by atoms with E-state index in [0.29, 0.717) is 13.1 Å². The van der Waals surface area contributed by atoms with E-state index in [1.165, 1.54) is 20.9 Å². The summed E-state index contributed by atoms with van der Waals surface area (Å²) < 4.78 is 11.2. The van der Waals surface area contributed by atoms with Crippen molar-refractivity contribution in [1.29, 1.82) is 0 Å². The van der Waals surface area contributed by atoms with Gasteiger partial charge in [-0.25, -0.2) is 8.61 Å². The molecule has 0 aliphatic carbocycles. The molecule has 2 fully saturated rings. The van der Waals surface area contributed by atoms with Gasteiger partial charge in [0, 0.05) is 55.4 Å². The molecule has 7 heteroatoms. The van der Waals surface area contributed by atoms with Gasteiger partial charge in [0.2, 0.25) is 0 Å². The van der Waals surface area contributed by atoms with E-state index in [2.05, 4.69) is 57.1 Å². The van der Waals surface area contributed by atoms with Crippen molar-refractivity contribution in [2.45, 2.75) is 41.4 Å². The van der Waals surface area contributed by atoms with Crippen molar-refractivity contribution >= 4 is 23.9 Å². The minimum absolute atomic E-state index is 0.141. The van der Waals surface area contributed by atoms with E-state index in [-0.39, 0.29) is 5.72 Å². The summed E-state index contributed by atoms with van der Waals surface area (Å²) in [6.45, 7) is 5.00. The largest absolute Gasteiger partial charge is 0.358 e. The number of hydrogen-bond donors (Lipinski definition) is 2. The van der Waals surface area contributed by atoms with Gasteiger partial charge in [0.1, 0.15) is 5.72 Å². The summed E-state index contributed by atoms with van der Waals surface area (Å²) in [4.78, 5) is 2.52. The smallest absolute Gasteiger partial charge is 0.133 e. The zero-order valence-corrected chi connectivity index (χ0v) is 17.7. The van der Waals surface area contributed by atoms with Gasteiger partial charge in [-0.15, -0.1) is 0 Å². The van der Waals surface area contributed by atoms with Crippen LogP contribution in [0.15, 0.2) is 58.3 Å². The summed E-state index contributed by atoms with van der Waals surface area (Å²) in [6, 6.07) is 17.1. The normalized spacial score (nSPS) is 20.1. The van der Waals surface area contributed by atoms with Crippen LogP contribution in [0.1, 0.15) is 24.0 Å². The number of piperidine rings is 1. The third kappa shape index (κ3) is 4.57. The minimum Gasteiger partial charge on any atom is -0.358 e. The average molecular weight is 417 g/mol. The third-order valence-electron chi connectivity index (χ3n) is 5.39. The van der Waals surface area contributed by atoms with Gasteiger partial charge in [0.25, 0.3) is 0 Å². The molecule has 0 unspecified atom stereocenters. The first kappa shape index (κ1) is 20.2. The van der Waals surface area contributed by atoms with Crippen LogP contribution in [0.25, 0.3) is 0 Å². The summed E-state index contributed by atoms with van der Waals surface area (Å²) >= 11 is 3.65. The predicted octanol–water partition coefficient (Wildman–Crippen LogP) is 3.44. The Labute approximate surface area is 176 Å². The molecule has 2 aliphatic rings. The quantitative estimate of drug-likeness (QED) is 0.699. The van der Waals surface area contributed by atoms with Gasteiger partial charge >= 0.3 is 0 Å². The van der Waals surface area contributed by atoms with Crippen molar-refractivity contribution in [2.24, 2.45) is 11.5 Å². The molecular formula is C21H28N4OS2. The average Bonchev–Trinajstić information content (AvgIpc) is 3.12. The van der Waals surface area contributed by atoms with Crippen LogP contribution in [-0.4, -0.2) is 40.6 Å². The number of hydrogen-bond acceptors (Lipinski definition) is 7. The molecule has 2 aliphatic heterocycles. The lowest BCUT2D eigenvalue weighted by molar-refractivity contribution is -0.0766. The van der Waals surface area contributed by atoms with Gasteiger partial charge < -0.3 is 16.2 Å². The standard InChI is InChI=1S/C21H28N4OS2/c22-15-17-1-5-19(6-2-17)27-24-11-9-21(10-12-24)25(13-14-26-21)28-20-7-3-18(16-23)4-8-20/h1-8H,9-16,22-23H2. The second-order valence-corrected chi connectivity index (χ2v) is 9.47. The van der Waals surface area contributed by atoms with Crippen molar-refractivity contribution in [3.63, 3.8) is 0 Å². The Bertz CT molecular complexity index is 761. The van der Waals surface area contributed by atoms with Crippen LogP contribution in [0.4, 0.5) is 0 Å². The first-order valence-electron chi connectivity index (χ1n) is 9.81. The number of nitrogens with two attached hydrogens (primary N) is 2. The minimum atomic E-state index is -0.141. The van der Waals surface area contributed by atoms with Crippen molar-refractivity contribution in [1.82, 2.24) is 8.61 Å². The first-order valence-corrected chi connectivity index (χ1v) is 11.4. The Morgan fingerprint density at radius 1 is 0.786 bits per heavy atom. The second kappa shape index (κ2) is 9.17. The molecule has 0 atom stereocenters. The fourth-order valence-electron chi connectivity index (χ4n) is 3.69. The van der Waals surface area contributed by atoms with E-state index in [1.807, 2.05) is 23.9 Å². The molecule has 0 saturated carbocycles. The van der Waals surface area contributed by atoms with E-state index < -0.39 is 0 Å². The zero-order valence-electron chi connectivity index (χ0n) is 16.0. The van der Waals surface area contributed by atoms with Gasteiger partial charge in [-0.05, 0) is 59.3 Å². The molecule has 4 rings (SSSR count). The molecule has 0 aromatic heterocycles. The van der Waals surface area contributed by atoms with Crippen molar-refractivity contribution in [2.75, 3.05) is 26.2 Å². The predicted molar refractivity (Wildman–Crippen MR) is 117 cm³/mol. The van der Waals surface area contributed by atoms with E-state index in [9.17, 15) is 0 Å². The second-order valence-electron chi connectivity index (χ2n) is 7.20. The molecule has 2 heterocycles. The maximum Gasteiger partial charge on any atom is 0.133 e. The molecule has 28 heavy (non-hydrogen) atoms. The fraction of sp³-hybridized carbons (Fsp3) is 0.429. The summed E-state index contributed by atoms with van der Waals surface area (Å²) in [5.74, 6) is 0. The molecule has 150 valence electrons. The highest BCUT2D eigenvalue weighted by atomic mass is 32.2. The van der Waals surface area contributed by atoms with E-state index in [0.717, 1.165) is 39.1 Å². The van der Waals surface area contributed by atoms with Crippen LogP contribution >= 0.6 is 23.9 Å². The molecule has 0 bridgehead atoms. The van der Waals surface area contributed by atoms with Crippen LogP contribution < -0.4 is 11.5 Å². The lowest BCUT2D eigenvalue weighted by Gasteiger charge is -2.42. The van der Waals surface area contributed by atoms with E-state index in [4.69, 9.17) is 16.2 Å². The van der Waals surface area contributed by atoms with Crippen LogP contribution in [0.5, 0.6) is 0 Å². The highest BCUT2D eigenvalue weighted by Gasteiger charge is 2.45. The van der Waals surface area contributed by atoms with E-state index in [1.54, 1.807) is 0 Å². The maximum absolute atomic E-state index is 6.28. The van der Waals surface area contributed by atoms with Crippen LogP contribution in [-0.2, 0) is 17.8 Å². The lowest BCUT2D eigenvalue weighted by atomic mass is 10.0. The Morgan fingerprint density at radius 3 is 1.86 bits per heavy atom. The fourth-order valence-corrected chi connectivity index (χ4v) is 5.69. The molecule has 0 radical (unpaired) electrons. The van der Waals surface area contributed by atoms with Crippen LogP contribution in [0, 0.1) is 0 Å². The zero-order chi connectivity index (χ0) is 19.4. The van der Waals surface area contributed by atoms with Crippen LogP contribution in [0.2, 0.25) is 0 Å². The molecule has 2 aromatic carbocycles. The Balaban J connectivity index is 1.34. The molecule has 4 N–H and O–H groups in total. The molecule has 1 spiro atoms. The maximum atomic E-state index is 6.28. The van der Waals surface area contributed by atoms with Gasteiger partial charge in [-0.2, -0.15) is 0 Å². The van der Waals surface area contributed by atoms with Crippen molar-refractivity contribution in [3.05, 3.63) is 59.7 Å². The summed E-state index contributed by atoms with van der Waals surface area (Å²) in [5, 5.41) is 0. The molecule has 2 aromatic rings. The van der Waals surface area contributed by atoms with E-state index >= 15 is 0 Å². The van der Waals surface area contributed by atoms with Crippen molar-refractivity contribution in [3.8, 4) is 0 Å². The Kier molecular flexibility index (Phi) is 6.62. The molecule has 0 amide bonds. The van der Waals surface area contributed by atoms with Gasteiger partial charge in [-0.1, -0.05) is 24.3 Å². The summed E-state index contributed by atoms with van der Waals surface area (Å²) in [6.07, 6.45) is 2.05. The number of ether oxygens (including phenoxy) is 1. The lowest BCUT2D eigenvalue weighted by Crippen LogP contribution is -2.49. The van der Waals surface area contributed by atoms with Crippen LogP contribution in [0.3, 0.4) is 0 Å². The summed E-state index contributed by atoms with van der Waals surface area (Å²) in [5.41, 5.74) is 13.6. The highest BCUT2D eigenvalue weighted by Crippen LogP contribution is 2.42. The number of nitrogens with zero attached hydrogens (tertiary/aromatic N) is 2. The van der Waals surface area contributed by atoms with Gasteiger partial charge in [-0.3, -0.25) is 0 Å². The first-order chi connectivity index (χ1) is 13.7. The monoisotopic (exact) mass is 416 g/mol. The number of rotatable bonds is 6. The Hall–Kier alpha value is -1.06. The third-order valence-corrected chi connectivity index (χ3v) is 7.72.